The molecule has 3 aromatic rings. The summed E-state index contributed by atoms with van der Waals surface area (Å²) in [6, 6.07) is 6.19. The fourth-order valence-corrected chi connectivity index (χ4v) is 4.36. The summed E-state index contributed by atoms with van der Waals surface area (Å²) in [5.41, 5.74) is 1.22. The number of rotatable bonds is 4. The van der Waals surface area contributed by atoms with Crippen molar-refractivity contribution < 1.29 is 23.8 Å². The molecule has 4 rings (SSSR count). The minimum absolute atomic E-state index is 0.00331. The molecule has 1 fully saturated rings. The van der Waals surface area contributed by atoms with E-state index >= 15 is 0 Å². The fraction of sp³-hybridized carbons (Fsp3) is 0.182. The lowest BCUT2D eigenvalue weighted by atomic mass is 9.96. The Balaban J connectivity index is 1.93. The molecule has 1 unspecified atom stereocenters. The minimum atomic E-state index is -0.932. The van der Waals surface area contributed by atoms with Gasteiger partial charge in [-0.05, 0) is 49.7 Å². The van der Waals surface area contributed by atoms with Crippen LogP contribution in [0.3, 0.4) is 0 Å². The molecule has 1 saturated heterocycles. The molecule has 0 spiro atoms. The Hall–Kier alpha value is -3.59. The molecule has 1 aliphatic rings. The number of anilines is 1. The lowest BCUT2D eigenvalue weighted by Gasteiger charge is -2.22. The van der Waals surface area contributed by atoms with E-state index < -0.39 is 29.3 Å². The second kappa shape index (κ2) is 7.92. The first kappa shape index (κ1) is 20.7. The van der Waals surface area contributed by atoms with Gasteiger partial charge in [-0.25, -0.2) is 9.37 Å². The summed E-state index contributed by atoms with van der Waals surface area (Å²) in [7, 11) is 1.32. The largest absolute Gasteiger partial charge is 0.507 e. The molecule has 1 atom stereocenters. The highest BCUT2D eigenvalue weighted by atomic mass is 32.1. The molecule has 9 heteroatoms. The van der Waals surface area contributed by atoms with Crippen molar-refractivity contribution in [2.45, 2.75) is 19.9 Å². The maximum Gasteiger partial charge on any atom is 0.301 e. The quantitative estimate of drug-likeness (QED) is 0.376. The van der Waals surface area contributed by atoms with Crippen molar-refractivity contribution >= 4 is 33.9 Å². The van der Waals surface area contributed by atoms with E-state index in [-0.39, 0.29) is 16.9 Å². The molecule has 1 aromatic carbocycles. The molecule has 0 bridgehead atoms. The number of methoxy groups -OCH3 is 1. The van der Waals surface area contributed by atoms with E-state index in [4.69, 9.17) is 4.74 Å². The first-order valence-electron chi connectivity index (χ1n) is 9.32. The highest BCUT2D eigenvalue weighted by molar-refractivity contribution is 7.16. The summed E-state index contributed by atoms with van der Waals surface area (Å²) >= 11 is 1.28. The van der Waals surface area contributed by atoms with Gasteiger partial charge >= 0.3 is 5.91 Å². The smallest absolute Gasteiger partial charge is 0.301 e. The molecule has 2 aromatic heterocycles. The number of ether oxygens (including phenoxy) is 1. The van der Waals surface area contributed by atoms with Crippen molar-refractivity contribution in [1.82, 2.24) is 9.97 Å². The van der Waals surface area contributed by atoms with Crippen LogP contribution in [0, 0.1) is 19.7 Å². The van der Waals surface area contributed by atoms with Gasteiger partial charge in [-0.15, -0.1) is 11.3 Å². The van der Waals surface area contributed by atoms with Crippen molar-refractivity contribution in [3.8, 4) is 5.75 Å². The van der Waals surface area contributed by atoms with Gasteiger partial charge in [0.15, 0.2) is 16.7 Å². The van der Waals surface area contributed by atoms with Gasteiger partial charge in [0.05, 0.1) is 24.4 Å². The summed E-state index contributed by atoms with van der Waals surface area (Å²) in [5.74, 6) is -2.87. The van der Waals surface area contributed by atoms with Crippen LogP contribution in [-0.2, 0) is 9.59 Å². The second-order valence-corrected chi connectivity index (χ2v) is 8.12. The Morgan fingerprint density at radius 3 is 2.48 bits per heavy atom. The average molecular weight is 439 g/mol. The number of thiazole rings is 1. The molecule has 158 valence electrons. The zero-order valence-electron chi connectivity index (χ0n) is 16.9. The first-order valence-corrected chi connectivity index (χ1v) is 10.1. The topological polar surface area (TPSA) is 92.6 Å². The summed E-state index contributed by atoms with van der Waals surface area (Å²) in [4.78, 5) is 36.6. The Labute approximate surface area is 181 Å². The fourth-order valence-electron chi connectivity index (χ4n) is 3.42. The molecule has 1 amide bonds. The third kappa shape index (κ3) is 3.46. The Morgan fingerprint density at radius 2 is 1.90 bits per heavy atom. The van der Waals surface area contributed by atoms with Crippen molar-refractivity contribution in [2.75, 3.05) is 12.0 Å². The number of aromatic nitrogens is 2. The van der Waals surface area contributed by atoms with E-state index in [0.29, 0.717) is 10.7 Å². The van der Waals surface area contributed by atoms with Crippen molar-refractivity contribution in [1.29, 1.82) is 0 Å². The molecule has 0 aliphatic carbocycles. The normalized spacial score (nSPS) is 17.9. The van der Waals surface area contributed by atoms with Gasteiger partial charge in [-0.3, -0.25) is 19.5 Å². The first-order chi connectivity index (χ1) is 14.8. The van der Waals surface area contributed by atoms with Gasteiger partial charge in [0, 0.05) is 22.8 Å². The number of aryl methyl sites for hydroxylation is 2. The van der Waals surface area contributed by atoms with Crippen molar-refractivity contribution in [3.63, 3.8) is 0 Å². The van der Waals surface area contributed by atoms with E-state index in [1.54, 1.807) is 12.1 Å². The number of carbonyl (C=O) groups is 2. The molecular weight excluding hydrogens is 421 g/mol. The van der Waals surface area contributed by atoms with Crippen LogP contribution in [0.1, 0.15) is 27.7 Å². The van der Waals surface area contributed by atoms with E-state index in [1.807, 2.05) is 13.8 Å². The number of amides is 1. The zero-order valence-corrected chi connectivity index (χ0v) is 17.7. The predicted octanol–water partition coefficient (Wildman–Crippen LogP) is 3.93. The van der Waals surface area contributed by atoms with E-state index in [1.165, 1.54) is 47.9 Å². The zero-order chi connectivity index (χ0) is 22.3. The van der Waals surface area contributed by atoms with Gasteiger partial charge in [-0.1, -0.05) is 0 Å². The van der Waals surface area contributed by atoms with E-state index in [0.717, 1.165) is 16.6 Å². The molecule has 0 radical (unpaired) electrons. The maximum atomic E-state index is 14.2. The van der Waals surface area contributed by atoms with Crippen LogP contribution in [0.2, 0.25) is 0 Å². The number of halogens is 1. The molecule has 1 aliphatic heterocycles. The lowest BCUT2D eigenvalue weighted by molar-refractivity contribution is -0.132. The Bertz CT molecular complexity index is 1200. The van der Waals surface area contributed by atoms with Gasteiger partial charge < -0.3 is 9.84 Å². The summed E-state index contributed by atoms with van der Waals surface area (Å²) in [6.45, 7) is 3.68. The lowest BCUT2D eigenvalue weighted by Crippen LogP contribution is -2.29. The van der Waals surface area contributed by atoms with Crippen molar-refractivity contribution in [2.24, 2.45) is 0 Å². The third-order valence-electron chi connectivity index (χ3n) is 5.11. The number of aliphatic hydroxyl groups excluding tert-OH is 1. The number of hydrogen-bond acceptors (Lipinski definition) is 7. The highest BCUT2D eigenvalue weighted by Gasteiger charge is 2.48. The highest BCUT2D eigenvalue weighted by Crippen LogP contribution is 2.43. The maximum absolute atomic E-state index is 14.2. The van der Waals surface area contributed by atoms with Crippen LogP contribution < -0.4 is 9.64 Å². The van der Waals surface area contributed by atoms with E-state index in [9.17, 15) is 19.1 Å². The van der Waals surface area contributed by atoms with Crippen LogP contribution in [0.4, 0.5) is 9.52 Å². The van der Waals surface area contributed by atoms with E-state index in [2.05, 4.69) is 9.97 Å². The molecule has 1 N–H and O–H groups in total. The number of benzene rings is 1. The monoisotopic (exact) mass is 439 g/mol. The van der Waals surface area contributed by atoms with Crippen LogP contribution >= 0.6 is 11.3 Å². The van der Waals surface area contributed by atoms with Crippen LogP contribution in [0.25, 0.3) is 5.76 Å². The third-order valence-corrected chi connectivity index (χ3v) is 6.19. The summed E-state index contributed by atoms with van der Waals surface area (Å²) < 4.78 is 19.1. The molecule has 3 heterocycles. The van der Waals surface area contributed by atoms with Crippen molar-refractivity contribution in [3.05, 3.63) is 75.8 Å². The number of carbonyl (C=O) groups excluding carboxylic acids is 2. The number of nitrogens with zero attached hydrogens (tertiary/aromatic N) is 3. The Kier molecular flexibility index (Phi) is 5.28. The number of aliphatic hydroxyl groups is 1. The van der Waals surface area contributed by atoms with Gasteiger partial charge in [0.25, 0.3) is 5.78 Å². The van der Waals surface area contributed by atoms with Gasteiger partial charge in [0.1, 0.15) is 5.76 Å². The average Bonchev–Trinajstić information content (AvgIpc) is 3.23. The van der Waals surface area contributed by atoms with Gasteiger partial charge in [-0.2, -0.15) is 0 Å². The summed E-state index contributed by atoms with van der Waals surface area (Å²) in [5, 5.41) is 11.3. The Morgan fingerprint density at radius 1 is 1.19 bits per heavy atom. The molecule has 7 nitrogen and oxygen atoms in total. The number of hydrogen-bond donors (Lipinski definition) is 1. The number of Topliss-reactive ketones (excluding diaryl/α,β-unsaturated/α-hetero) is 1. The van der Waals surface area contributed by atoms with Crippen LogP contribution in [0.15, 0.2) is 48.3 Å². The molecule has 31 heavy (non-hydrogen) atoms. The van der Waals surface area contributed by atoms with Crippen LogP contribution in [-0.4, -0.2) is 33.9 Å². The number of pyridine rings is 1. The number of ketones is 1. The molecule has 0 saturated carbocycles. The van der Waals surface area contributed by atoms with Crippen LogP contribution in [0.5, 0.6) is 5.75 Å². The SMILES string of the molecule is COc1ccc(C(O)=C2C(=O)C(=O)N(c3nc(C)c(C)s3)C2c2ccncc2)cc1F. The molecular formula is C22H18FN3O4S. The summed E-state index contributed by atoms with van der Waals surface area (Å²) in [6.07, 6.45) is 3.06. The standard InChI is InChI=1S/C22H18FN3O4S/c1-11-12(2)31-22(25-11)26-18(13-6-8-24-9-7-13)17(20(28)21(26)29)19(27)14-4-5-16(30-3)15(23)10-14/h4-10,18,27H,1-3H3. The second-order valence-electron chi connectivity index (χ2n) is 6.94. The predicted molar refractivity (Wildman–Crippen MR) is 114 cm³/mol. The van der Waals surface area contributed by atoms with Gasteiger partial charge in [0.2, 0.25) is 0 Å². The minimum Gasteiger partial charge on any atom is -0.507 e.